The fourth-order valence-corrected chi connectivity index (χ4v) is 14.0. The highest BCUT2D eigenvalue weighted by Gasteiger charge is 2.48. The molecule has 49 heavy (non-hydrogen) atoms. The zero-order chi connectivity index (χ0) is 35.8. The van der Waals surface area contributed by atoms with E-state index in [0.29, 0.717) is 11.1 Å². The first-order chi connectivity index (χ1) is 22.9. The first kappa shape index (κ1) is 35.0. The molecule has 2 aliphatic rings. The van der Waals surface area contributed by atoms with E-state index >= 15 is 0 Å². The van der Waals surface area contributed by atoms with Crippen molar-refractivity contribution in [1.29, 1.82) is 0 Å². The summed E-state index contributed by atoms with van der Waals surface area (Å²) in [5.41, 5.74) is 19.5. The summed E-state index contributed by atoms with van der Waals surface area (Å²) in [6, 6.07) is 23.2. The average Bonchev–Trinajstić information content (AvgIpc) is 3.57. The molecule has 0 fully saturated rings. The monoisotopic (exact) mass is 668 g/mol. The van der Waals surface area contributed by atoms with E-state index in [1.54, 1.807) is 0 Å². The molecule has 6 rings (SSSR count). The van der Waals surface area contributed by atoms with Gasteiger partial charge in [-0.25, -0.2) is 0 Å². The van der Waals surface area contributed by atoms with Gasteiger partial charge in [0.05, 0.1) is 22.3 Å². The number of fused-ring (bicyclic) bond motifs is 2. The fraction of sp³-hybridized carbons (Fsp3) is 0.391. The summed E-state index contributed by atoms with van der Waals surface area (Å²) in [6.07, 6.45) is 4.91. The number of ether oxygens (including phenoxy) is 2. The van der Waals surface area contributed by atoms with Crippen LogP contribution in [-0.2, 0) is 10.8 Å². The van der Waals surface area contributed by atoms with Crippen LogP contribution in [-0.4, -0.2) is 22.3 Å². The predicted molar refractivity (Wildman–Crippen MR) is 214 cm³/mol. The quantitative estimate of drug-likeness (QED) is 0.190. The van der Waals surface area contributed by atoms with Gasteiger partial charge in [-0.3, -0.25) is 0 Å². The Bertz CT molecular complexity index is 1850. The Hall–Kier alpha value is -3.82. The third kappa shape index (κ3) is 5.82. The van der Waals surface area contributed by atoms with Gasteiger partial charge in [-0.1, -0.05) is 126 Å². The van der Waals surface area contributed by atoms with Gasteiger partial charge in [-0.15, -0.1) is 0 Å². The third-order valence-corrected chi connectivity index (χ3v) is 16.0. The second kappa shape index (κ2) is 12.2. The molecule has 256 valence electrons. The lowest BCUT2D eigenvalue weighted by molar-refractivity contribution is 0.413. The van der Waals surface area contributed by atoms with Crippen molar-refractivity contribution in [1.82, 2.24) is 0 Å². The largest absolute Gasteiger partial charge is 0.496 e. The summed E-state index contributed by atoms with van der Waals surface area (Å²) in [5, 5.41) is 0. The van der Waals surface area contributed by atoms with Crippen LogP contribution in [0, 0.1) is 13.8 Å². The Labute approximate surface area is 297 Å². The summed E-state index contributed by atoms with van der Waals surface area (Å²) in [5.74, 6) is 1.97. The van der Waals surface area contributed by atoms with Crippen LogP contribution in [0.3, 0.4) is 0 Å². The van der Waals surface area contributed by atoms with Gasteiger partial charge in [0.1, 0.15) is 11.5 Å². The summed E-state index contributed by atoms with van der Waals surface area (Å²) in [7, 11) is 1.53. The van der Waals surface area contributed by atoms with Gasteiger partial charge in [0, 0.05) is 22.2 Å². The van der Waals surface area contributed by atoms with Crippen molar-refractivity contribution in [3.63, 3.8) is 0 Å². The number of allylic oxidation sites excluding steroid dienone is 2. The van der Waals surface area contributed by atoms with E-state index in [9.17, 15) is 0 Å². The SMILES string of the molecule is COc1c(-c2ccc(C(C)(C)C)cc2)cc2c(c1C)C=C(C)C2[Si](C)(C)C1C(C)=Cc2c1cc(-c1ccc(C(C)(C)C)cc1)c(OC)c2C. The fourth-order valence-electron chi connectivity index (χ4n) is 9.05. The van der Waals surface area contributed by atoms with E-state index in [2.05, 4.69) is 155 Å². The Morgan fingerprint density at radius 1 is 0.531 bits per heavy atom. The van der Waals surface area contributed by atoms with Crippen molar-refractivity contribution in [2.45, 2.75) is 104 Å². The molecular weight excluding hydrogens is 613 g/mol. The minimum Gasteiger partial charge on any atom is -0.496 e. The first-order valence-electron chi connectivity index (χ1n) is 17.9. The zero-order valence-electron chi connectivity index (χ0n) is 32.4. The molecule has 2 unspecified atom stereocenters. The molecule has 0 saturated heterocycles. The van der Waals surface area contributed by atoms with Gasteiger partial charge >= 0.3 is 0 Å². The van der Waals surface area contributed by atoms with E-state index in [-0.39, 0.29) is 10.8 Å². The van der Waals surface area contributed by atoms with Crippen LogP contribution >= 0.6 is 0 Å². The third-order valence-electron chi connectivity index (χ3n) is 11.5. The van der Waals surface area contributed by atoms with Crippen molar-refractivity contribution < 1.29 is 9.47 Å². The van der Waals surface area contributed by atoms with E-state index in [4.69, 9.17) is 9.47 Å². The first-order valence-corrected chi connectivity index (χ1v) is 21.1. The van der Waals surface area contributed by atoms with E-state index in [1.807, 2.05) is 14.2 Å². The lowest BCUT2D eigenvalue weighted by Gasteiger charge is -2.39. The van der Waals surface area contributed by atoms with Gasteiger partial charge in [0.2, 0.25) is 0 Å². The molecule has 0 amide bonds. The van der Waals surface area contributed by atoms with Crippen LogP contribution in [0.4, 0.5) is 0 Å². The highest BCUT2D eigenvalue weighted by Crippen LogP contribution is 2.56. The molecule has 2 nitrogen and oxygen atoms in total. The van der Waals surface area contributed by atoms with Crippen LogP contribution < -0.4 is 9.47 Å². The molecule has 2 aliphatic carbocycles. The molecule has 2 atom stereocenters. The zero-order valence-corrected chi connectivity index (χ0v) is 33.4. The van der Waals surface area contributed by atoms with Crippen LogP contribution in [0.25, 0.3) is 34.4 Å². The molecule has 0 bridgehead atoms. The summed E-state index contributed by atoms with van der Waals surface area (Å²) >= 11 is 0. The molecule has 3 heteroatoms. The molecule has 0 aromatic heterocycles. The smallest absolute Gasteiger partial charge is 0.130 e. The van der Waals surface area contributed by atoms with E-state index in [0.717, 1.165) is 11.5 Å². The molecule has 0 spiro atoms. The molecule has 4 aromatic carbocycles. The maximum absolute atomic E-state index is 6.15. The normalized spacial score (nSPS) is 17.4. The van der Waals surface area contributed by atoms with E-state index in [1.165, 1.54) is 77.9 Å². The molecule has 4 aromatic rings. The van der Waals surface area contributed by atoms with Gasteiger partial charge < -0.3 is 9.47 Å². The maximum atomic E-state index is 6.15. The van der Waals surface area contributed by atoms with Gasteiger partial charge in [0.25, 0.3) is 0 Å². The van der Waals surface area contributed by atoms with Gasteiger partial charge in [0.15, 0.2) is 0 Å². The Balaban J connectivity index is 1.48. The standard InChI is InChI=1S/C46H56O2Si/c1-27-23-35-29(3)41(47-11)37(31-15-19-33(20-16-31)45(5,6)7)25-39(35)43(27)49(13,14)44-28(2)24-36-30(4)42(48-12)38(26-40(36)44)32-17-21-34(22-18-32)46(8,9)10/h15-26,43-44H,1-14H3. The van der Waals surface area contributed by atoms with Crippen LogP contribution in [0.2, 0.25) is 13.1 Å². The summed E-state index contributed by atoms with van der Waals surface area (Å²) in [6.45, 7) is 28.1. The Kier molecular flexibility index (Phi) is 8.72. The van der Waals surface area contributed by atoms with Crippen LogP contribution in [0.5, 0.6) is 11.5 Å². The molecule has 0 heterocycles. The molecule has 0 N–H and O–H groups in total. The summed E-state index contributed by atoms with van der Waals surface area (Å²) in [4.78, 5) is 0. The number of hydrogen-bond acceptors (Lipinski definition) is 2. The average molecular weight is 669 g/mol. The Morgan fingerprint density at radius 3 is 1.14 bits per heavy atom. The molecule has 0 saturated carbocycles. The molecule has 0 aliphatic heterocycles. The maximum Gasteiger partial charge on any atom is 0.130 e. The van der Waals surface area contributed by atoms with Crippen LogP contribution in [0.15, 0.2) is 71.8 Å². The summed E-state index contributed by atoms with van der Waals surface area (Å²) < 4.78 is 12.3. The van der Waals surface area contributed by atoms with Crippen molar-refractivity contribution in [3.05, 3.63) is 116 Å². The second-order valence-electron chi connectivity index (χ2n) is 17.3. The number of rotatable bonds is 6. The molecular formula is C46H56O2Si. The Morgan fingerprint density at radius 2 is 0.857 bits per heavy atom. The van der Waals surface area contributed by atoms with Crippen molar-refractivity contribution in [2.75, 3.05) is 14.2 Å². The van der Waals surface area contributed by atoms with Crippen molar-refractivity contribution >= 4 is 20.2 Å². The van der Waals surface area contributed by atoms with Gasteiger partial charge in [-0.2, -0.15) is 0 Å². The minimum atomic E-state index is -2.10. The number of methoxy groups -OCH3 is 2. The minimum absolute atomic E-state index is 0.110. The van der Waals surface area contributed by atoms with Gasteiger partial charge in [-0.05, 0) is 106 Å². The highest BCUT2D eigenvalue weighted by molar-refractivity contribution is 6.81. The number of benzene rings is 4. The van der Waals surface area contributed by atoms with Crippen molar-refractivity contribution in [3.8, 4) is 33.8 Å². The number of hydrogen-bond donors (Lipinski definition) is 0. The topological polar surface area (TPSA) is 18.5 Å². The molecule has 0 radical (unpaired) electrons. The lowest BCUT2D eigenvalue weighted by atomic mass is 9.85. The van der Waals surface area contributed by atoms with Crippen LogP contribution in [0.1, 0.15) is 111 Å². The van der Waals surface area contributed by atoms with Crippen molar-refractivity contribution in [2.24, 2.45) is 0 Å². The second-order valence-corrected chi connectivity index (χ2v) is 22.1. The lowest BCUT2D eigenvalue weighted by Crippen LogP contribution is -2.42. The highest BCUT2D eigenvalue weighted by atomic mass is 28.3. The predicted octanol–water partition coefficient (Wildman–Crippen LogP) is 12.7. The van der Waals surface area contributed by atoms with E-state index < -0.39 is 8.07 Å².